The first kappa shape index (κ1) is 28.1. The molecule has 0 bridgehead atoms. The zero-order chi connectivity index (χ0) is 28.8. The highest BCUT2D eigenvalue weighted by Crippen LogP contribution is 2.38. The quantitative estimate of drug-likeness (QED) is 0.303. The molecular weight excluding hydrogens is 508 g/mol. The van der Waals surface area contributed by atoms with Gasteiger partial charge in [-0.1, -0.05) is 43.3 Å². The number of hydrogen-bond acceptors (Lipinski definition) is 6. The number of ether oxygens (including phenoxy) is 1. The molecule has 0 aromatic heterocycles. The Kier molecular flexibility index (Phi) is 8.63. The smallest absolute Gasteiger partial charge is 0.338 e. The van der Waals surface area contributed by atoms with E-state index in [2.05, 4.69) is 10.6 Å². The number of esters is 1. The summed E-state index contributed by atoms with van der Waals surface area (Å²) in [6.07, 6.45) is 0.261. The van der Waals surface area contributed by atoms with Crippen molar-refractivity contribution in [2.24, 2.45) is 0 Å². The van der Waals surface area contributed by atoms with E-state index in [4.69, 9.17) is 4.74 Å². The van der Waals surface area contributed by atoms with E-state index in [0.717, 1.165) is 5.56 Å². The highest BCUT2D eigenvalue weighted by molar-refractivity contribution is 6.37. The van der Waals surface area contributed by atoms with Gasteiger partial charge < -0.3 is 25.2 Å². The van der Waals surface area contributed by atoms with Gasteiger partial charge in [0, 0.05) is 37.5 Å². The Hall–Kier alpha value is -4.92. The zero-order valence-corrected chi connectivity index (χ0v) is 23.0. The van der Waals surface area contributed by atoms with Crippen LogP contribution in [0.3, 0.4) is 0 Å². The number of amides is 3. The summed E-state index contributed by atoms with van der Waals surface area (Å²) in [7, 11) is 3.30. The first-order valence-electron chi connectivity index (χ1n) is 13.0. The fourth-order valence-electron chi connectivity index (χ4n) is 4.31. The topological polar surface area (TPSA) is 108 Å². The van der Waals surface area contributed by atoms with E-state index in [1.807, 2.05) is 30.3 Å². The van der Waals surface area contributed by atoms with Gasteiger partial charge in [0.2, 0.25) is 11.8 Å². The van der Waals surface area contributed by atoms with Gasteiger partial charge in [0.05, 0.1) is 29.1 Å². The zero-order valence-electron chi connectivity index (χ0n) is 23.0. The number of likely N-dealkylation sites (N-methyl/N-ethyl adjacent to an activating group) is 1. The number of carbonyl (C=O) groups excluding carboxylic acids is 4. The highest BCUT2D eigenvalue weighted by atomic mass is 16.5. The Morgan fingerprint density at radius 3 is 2.20 bits per heavy atom. The molecule has 0 atom stereocenters. The van der Waals surface area contributed by atoms with Crippen molar-refractivity contribution in [3.63, 3.8) is 0 Å². The summed E-state index contributed by atoms with van der Waals surface area (Å²) >= 11 is 0. The molecule has 0 saturated heterocycles. The lowest BCUT2D eigenvalue weighted by atomic mass is 9.99. The predicted octanol–water partition coefficient (Wildman–Crippen LogP) is 4.63. The van der Waals surface area contributed by atoms with E-state index >= 15 is 0 Å². The monoisotopic (exact) mass is 540 g/mol. The van der Waals surface area contributed by atoms with Crippen molar-refractivity contribution in [1.29, 1.82) is 0 Å². The standard InChI is InChI=1S/C31H32N4O5/c1-5-26(36)35(19-27(37)34(3)4)23-15-13-22(14-16-23)32-29(20-10-8-7-9-11-20)28-24-17-12-21(31(39)40-6-2)18-25(24)33-30(28)38/h7-18,32H,5-6,19H2,1-4H3,(H,33,38). The van der Waals surface area contributed by atoms with E-state index in [9.17, 15) is 19.2 Å². The molecule has 1 aliphatic heterocycles. The third kappa shape index (κ3) is 6.04. The summed E-state index contributed by atoms with van der Waals surface area (Å²) < 4.78 is 5.10. The number of hydrogen-bond donors (Lipinski definition) is 2. The molecular formula is C31H32N4O5. The molecule has 3 aromatic carbocycles. The van der Waals surface area contributed by atoms with Crippen molar-refractivity contribution in [1.82, 2.24) is 4.90 Å². The lowest BCUT2D eigenvalue weighted by molar-refractivity contribution is -0.129. The number of carbonyl (C=O) groups is 4. The number of nitrogens with zero attached hydrogens (tertiary/aromatic N) is 2. The molecule has 4 rings (SSSR count). The lowest BCUT2D eigenvalue weighted by Crippen LogP contribution is -2.40. The van der Waals surface area contributed by atoms with E-state index < -0.39 is 5.97 Å². The molecule has 0 aliphatic carbocycles. The lowest BCUT2D eigenvalue weighted by Gasteiger charge is -2.24. The molecule has 9 heteroatoms. The van der Waals surface area contributed by atoms with Crippen LogP contribution in [-0.4, -0.2) is 55.8 Å². The Bertz CT molecular complexity index is 1460. The molecule has 9 nitrogen and oxygen atoms in total. The fraction of sp³-hybridized carbons (Fsp3) is 0.226. The van der Waals surface area contributed by atoms with E-state index in [0.29, 0.717) is 39.5 Å². The molecule has 40 heavy (non-hydrogen) atoms. The van der Waals surface area contributed by atoms with Crippen molar-refractivity contribution in [3.05, 3.63) is 89.5 Å². The summed E-state index contributed by atoms with van der Waals surface area (Å²) in [6, 6.07) is 21.6. The molecule has 2 N–H and O–H groups in total. The first-order valence-corrected chi connectivity index (χ1v) is 13.0. The SMILES string of the molecule is CCOC(=O)c1ccc2c(c1)NC(=O)C2=C(Nc1ccc(N(CC(=O)N(C)C)C(=O)CC)cc1)c1ccccc1. The number of fused-ring (bicyclic) bond motifs is 1. The summed E-state index contributed by atoms with van der Waals surface area (Å²) in [6.45, 7) is 3.69. The summed E-state index contributed by atoms with van der Waals surface area (Å²) in [5.74, 6) is -1.11. The predicted molar refractivity (Wildman–Crippen MR) is 156 cm³/mol. The highest BCUT2D eigenvalue weighted by Gasteiger charge is 2.29. The molecule has 3 amide bonds. The Balaban J connectivity index is 1.71. The normalized spacial score (nSPS) is 13.2. The summed E-state index contributed by atoms with van der Waals surface area (Å²) in [5.41, 5.74) is 4.61. The van der Waals surface area contributed by atoms with Gasteiger partial charge in [0.25, 0.3) is 5.91 Å². The van der Waals surface area contributed by atoms with Gasteiger partial charge in [-0.2, -0.15) is 0 Å². The van der Waals surface area contributed by atoms with Crippen LogP contribution in [0, 0.1) is 0 Å². The number of anilines is 3. The molecule has 3 aromatic rings. The Morgan fingerprint density at radius 1 is 0.875 bits per heavy atom. The van der Waals surface area contributed by atoms with Crippen molar-refractivity contribution < 1.29 is 23.9 Å². The van der Waals surface area contributed by atoms with Gasteiger partial charge in [-0.3, -0.25) is 14.4 Å². The number of benzene rings is 3. The van der Waals surface area contributed by atoms with Gasteiger partial charge in [0.15, 0.2) is 0 Å². The van der Waals surface area contributed by atoms with E-state index in [1.54, 1.807) is 70.4 Å². The maximum absolute atomic E-state index is 13.2. The molecule has 0 radical (unpaired) electrons. The molecule has 0 unspecified atom stereocenters. The second kappa shape index (κ2) is 12.3. The van der Waals surface area contributed by atoms with Crippen molar-refractivity contribution in [2.75, 3.05) is 42.8 Å². The van der Waals surface area contributed by atoms with Crippen LogP contribution in [0.2, 0.25) is 0 Å². The van der Waals surface area contributed by atoms with Crippen LogP contribution in [0.25, 0.3) is 11.3 Å². The molecule has 0 spiro atoms. The maximum atomic E-state index is 13.2. The van der Waals surface area contributed by atoms with Gasteiger partial charge in [0.1, 0.15) is 6.54 Å². The van der Waals surface area contributed by atoms with Crippen LogP contribution in [0.4, 0.5) is 17.1 Å². The van der Waals surface area contributed by atoms with Crippen LogP contribution in [-0.2, 0) is 19.1 Å². The van der Waals surface area contributed by atoms with Crippen LogP contribution >= 0.6 is 0 Å². The van der Waals surface area contributed by atoms with Crippen molar-refractivity contribution in [2.45, 2.75) is 20.3 Å². The minimum Gasteiger partial charge on any atom is -0.462 e. The van der Waals surface area contributed by atoms with Gasteiger partial charge in [-0.05, 0) is 48.9 Å². The van der Waals surface area contributed by atoms with E-state index in [-0.39, 0.29) is 37.3 Å². The second-order valence-electron chi connectivity index (χ2n) is 9.34. The van der Waals surface area contributed by atoms with Crippen LogP contribution in [0.15, 0.2) is 72.8 Å². The molecule has 0 fully saturated rings. The van der Waals surface area contributed by atoms with E-state index in [1.165, 1.54) is 9.80 Å². The summed E-state index contributed by atoms with van der Waals surface area (Å²) in [5, 5.41) is 6.25. The van der Waals surface area contributed by atoms with Gasteiger partial charge in [-0.25, -0.2) is 4.79 Å². The number of nitrogens with one attached hydrogen (secondary N) is 2. The molecule has 1 aliphatic rings. The minimum atomic E-state index is -0.457. The minimum absolute atomic E-state index is 0.0590. The van der Waals surface area contributed by atoms with Crippen LogP contribution in [0.1, 0.15) is 41.8 Å². The van der Waals surface area contributed by atoms with Crippen molar-refractivity contribution in [3.8, 4) is 0 Å². The second-order valence-corrected chi connectivity index (χ2v) is 9.34. The van der Waals surface area contributed by atoms with Crippen LogP contribution in [0.5, 0.6) is 0 Å². The van der Waals surface area contributed by atoms with Gasteiger partial charge in [-0.15, -0.1) is 0 Å². The Labute approximate surface area is 233 Å². The number of rotatable bonds is 9. The van der Waals surface area contributed by atoms with Gasteiger partial charge >= 0.3 is 5.97 Å². The molecule has 206 valence electrons. The first-order chi connectivity index (χ1) is 19.2. The molecule has 0 saturated carbocycles. The third-order valence-electron chi connectivity index (χ3n) is 6.43. The average molecular weight is 541 g/mol. The van der Waals surface area contributed by atoms with Crippen molar-refractivity contribution >= 4 is 52.0 Å². The average Bonchev–Trinajstić information content (AvgIpc) is 3.29. The third-order valence-corrected chi connectivity index (χ3v) is 6.43. The largest absolute Gasteiger partial charge is 0.462 e. The summed E-state index contributed by atoms with van der Waals surface area (Å²) in [4.78, 5) is 53.3. The fourth-order valence-corrected chi connectivity index (χ4v) is 4.31. The Morgan fingerprint density at radius 2 is 1.57 bits per heavy atom. The van der Waals surface area contributed by atoms with Crippen LogP contribution < -0.4 is 15.5 Å². The molecule has 1 heterocycles. The maximum Gasteiger partial charge on any atom is 0.338 e.